The standard InChI is InChI=1S/C13H10N2O7S/c16-13(17)8-4-5-12(11(6-8)14-23(20)21)22-10-3-1-2-9(7-10)15(18)19/h1-7,23H,(H,16,17)(H,14,20,21). The number of hydrogen-bond donors (Lipinski definition) is 3. The highest BCUT2D eigenvalue weighted by Crippen LogP contribution is 2.32. The molecule has 2 aromatic carbocycles. The summed E-state index contributed by atoms with van der Waals surface area (Å²) in [6.07, 6.45) is 0. The minimum absolute atomic E-state index is 0.00898. The van der Waals surface area contributed by atoms with E-state index < -0.39 is 21.8 Å². The van der Waals surface area contributed by atoms with Gasteiger partial charge in [0.1, 0.15) is 5.75 Å². The van der Waals surface area contributed by atoms with Crippen LogP contribution in [0, 0.1) is 10.1 Å². The molecule has 0 radical (unpaired) electrons. The van der Waals surface area contributed by atoms with Gasteiger partial charge in [-0.2, -0.15) is 0 Å². The van der Waals surface area contributed by atoms with Crippen molar-refractivity contribution in [3.63, 3.8) is 0 Å². The summed E-state index contributed by atoms with van der Waals surface area (Å²) in [6.45, 7) is 0. The van der Waals surface area contributed by atoms with Gasteiger partial charge >= 0.3 is 5.97 Å². The molecule has 0 aromatic heterocycles. The Hall–Kier alpha value is -3.14. The minimum atomic E-state index is -3.05. The summed E-state index contributed by atoms with van der Waals surface area (Å²) in [5.41, 5.74) is -0.433. The highest BCUT2D eigenvalue weighted by Gasteiger charge is 2.12. The van der Waals surface area contributed by atoms with E-state index in [4.69, 9.17) is 9.84 Å². The lowest BCUT2D eigenvalue weighted by molar-refractivity contribution is -0.384. The van der Waals surface area contributed by atoms with Crippen LogP contribution in [0.1, 0.15) is 10.4 Å². The molecule has 0 aliphatic carbocycles. The molecule has 2 aromatic rings. The number of carbonyl (C=O) groups is 1. The molecule has 120 valence electrons. The zero-order valence-electron chi connectivity index (χ0n) is 11.3. The van der Waals surface area contributed by atoms with Crippen molar-refractivity contribution in [3.8, 4) is 11.5 Å². The van der Waals surface area contributed by atoms with E-state index in [1.54, 1.807) is 0 Å². The van der Waals surface area contributed by atoms with Crippen LogP contribution < -0.4 is 9.46 Å². The molecular formula is C13H10N2O7S. The van der Waals surface area contributed by atoms with E-state index in [0.717, 1.165) is 12.1 Å². The van der Waals surface area contributed by atoms with Crippen molar-refractivity contribution in [1.29, 1.82) is 0 Å². The molecule has 0 aliphatic rings. The number of non-ortho nitro benzene ring substituents is 1. The summed E-state index contributed by atoms with van der Waals surface area (Å²) in [7, 11) is -3.05. The van der Waals surface area contributed by atoms with Crippen LogP contribution >= 0.6 is 0 Å². The summed E-state index contributed by atoms with van der Waals surface area (Å²) < 4.78 is 29.1. The largest absolute Gasteiger partial charge is 0.478 e. The van der Waals surface area contributed by atoms with Crippen LogP contribution in [0.15, 0.2) is 42.5 Å². The zero-order chi connectivity index (χ0) is 17.0. The van der Waals surface area contributed by atoms with Gasteiger partial charge in [0.2, 0.25) is 10.9 Å². The Bertz CT molecular complexity index is 840. The summed E-state index contributed by atoms with van der Waals surface area (Å²) in [5, 5.41) is 19.7. The summed E-state index contributed by atoms with van der Waals surface area (Å²) >= 11 is 0. The molecule has 0 fully saturated rings. The number of carboxylic acids is 1. The van der Waals surface area contributed by atoms with Crippen molar-refractivity contribution in [2.24, 2.45) is 0 Å². The quantitative estimate of drug-likeness (QED) is 0.416. The number of benzene rings is 2. The van der Waals surface area contributed by atoms with E-state index in [2.05, 4.69) is 4.72 Å². The Morgan fingerprint density at radius 3 is 2.57 bits per heavy atom. The van der Waals surface area contributed by atoms with Gasteiger partial charge in [0, 0.05) is 6.07 Å². The lowest BCUT2D eigenvalue weighted by Gasteiger charge is -2.11. The molecule has 0 spiro atoms. The maximum atomic E-state index is 10.9. The van der Waals surface area contributed by atoms with E-state index in [9.17, 15) is 23.3 Å². The first-order chi connectivity index (χ1) is 10.9. The molecule has 2 rings (SSSR count). The summed E-state index contributed by atoms with van der Waals surface area (Å²) in [5.74, 6) is -1.13. The van der Waals surface area contributed by atoms with Crippen molar-refractivity contribution < 1.29 is 28.0 Å². The third-order valence-corrected chi connectivity index (χ3v) is 3.12. The predicted octanol–water partition coefficient (Wildman–Crippen LogP) is 2.02. The Balaban J connectivity index is 2.40. The van der Waals surface area contributed by atoms with Gasteiger partial charge in [-0.15, -0.1) is 0 Å². The average Bonchev–Trinajstić information content (AvgIpc) is 2.48. The van der Waals surface area contributed by atoms with E-state index in [1.165, 1.54) is 30.3 Å². The number of carboxylic acid groups (broad SMARTS) is 1. The number of nitrogens with one attached hydrogen (secondary N) is 1. The number of thiol groups is 1. The third-order valence-electron chi connectivity index (χ3n) is 2.69. The molecule has 10 heteroatoms. The second-order valence-electron chi connectivity index (χ2n) is 4.24. The second kappa shape index (κ2) is 6.75. The topological polar surface area (TPSA) is 136 Å². The normalized spacial score (nSPS) is 10.3. The minimum Gasteiger partial charge on any atom is -0.478 e. The van der Waals surface area contributed by atoms with Crippen molar-refractivity contribution in [2.75, 3.05) is 4.72 Å². The van der Waals surface area contributed by atoms with Crippen LogP contribution in [0.25, 0.3) is 0 Å². The molecule has 0 saturated heterocycles. The molecule has 0 heterocycles. The van der Waals surface area contributed by atoms with Crippen LogP contribution in [0.4, 0.5) is 11.4 Å². The number of rotatable bonds is 6. The summed E-state index contributed by atoms with van der Waals surface area (Å²) in [6, 6.07) is 8.83. The van der Waals surface area contributed by atoms with Crippen molar-refractivity contribution in [2.45, 2.75) is 0 Å². The molecule has 0 unspecified atom stereocenters. The van der Waals surface area contributed by atoms with Gasteiger partial charge < -0.3 is 9.84 Å². The van der Waals surface area contributed by atoms with Crippen LogP contribution in [0.5, 0.6) is 11.5 Å². The monoisotopic (exact) mass is 338 g/mol. The fraction of sp³-hybridized carbons (Fsp3) is 0. The average molecular weight is 338 g/mol. The van der Waals surface area contributed by atoms with E-state index >= 15 is 0 Å². The number of ether oxygens (including phenoxy) is 1. The number of nitro groups is 1. The predicted molar refractivity (Wildman–Crippen MR) is 80.5 cm³/mol. The van der Waals surface area contributed by atoms with Gasteiger partial charge in [0.15, 0.2) is 5.75 Å². The molecular weight excluding hydrogens is 328 g/mol. The van der Waals surface area contributed by atoms with Crippen LogP contribution in [-0.2, 0) is 10.9 Å². The maximum Gasteiger partial charge on any atom is 0.335 e. The number of hydrogen-bond acceptors (Lipinski definition) is 6. The van der Waals surface area contributed by atoms with Gasteiger partial charge in [0.05, 0.1) is 22.2 Å². The second-order valence-corrected chi connectivity index (χ2v) is 4.98. The van der Waals surface area contributed by atoms with Crippen molar-refractivity contribution in [1.82, 2.24) is 0 Å². The van der Waals surface area contributed by atoms with Gasteiger partial charge in [-0.3, -0.25) is 14.8 Å². The van der Waals surface area contributed by atoms with Gasteiger partial charge in [-0.25, -0.2) is 13.2 Å². The molecule has 0 amide bonds. The van der Waals surface area contributed by atoms with Crippen molar-refractivity contribution in [3.05, 3.63) is 58.1 Å². The van der Waals surface area contributed by atoms with Crippen LogP contribution in [0.2, 0.25) is 0 Å². The zero-order valence-corrected chi connectivity index (χ0v) is 12.2. The highest BCUT2D eigenvalue weighted by molar-refractivity contribution is 7.73. The molecule has 0 aliphatic heterocycles. The van der Waals surface area contributed by atoms with E-state index in [1.807, 2.05) is 0 Å². The van der Waals surface area contributed by atoms with Gasteiger partial charge in [-0.05, 0) is 24.3 Å². The lowest BCUT2D eigenvalue weighted by atomic mass is 10.2. The Morgan fingerprint density at radius 2 is 1.96 bits per heavy atom. The summed E-state index contributed by atoms with van der Waals surface area (Å²) in [4.78, 5) is 21.1. The molecule has 0 saturated carbocycles. The lowest BCUT2D eigenvalue weighted by Crippen LogP contribution is -2.02. The number of nitrogens with zero attached hydrogens (tertiary/aromatic N) is 1. The Kier molecular flexibility index (Phi) is 4.76. The first kappa shape index (κ1) is 16.2. The SMILES string of the molecule is O=C(O)c1ccc(Oc2cccc([N+](=O)[O-])c2)c(N[SH](=O)=O)c1. The number of aromatic carboxylic acids is 1. The molecule has 0 atom stereocenters. The van der Waals surface area contributed by atoms with E-state index in [0.29, 0.717) is 0 Å². The fourth-order valence-electron chi connectivity index (χ4n) is 1.73. The molecule has 9 nitrogen and oxygen atoms in total. The van der Waals surface area contributed by atoms with Gasteiger partial charge in [-0.1, -0.05) is 6.07 Å². The van der Waals surface area contributed by atoms with Gasteiger partial charge in [0.25, 0.3) is 5.69 Å². The molecule has 23 heavy (non-hydrogen) atoms. The Labute approximate surface area is 131 Å². The Morgan fingerprint density at radius 1 is 1.22 bits per heavy atom. The van der Waals surface area contributed by atoms with Crippen molar-refractivity contribution >= 4 is 28.2 Å². The third kappa shape index (κ3) is 4.17. The van der Waals surface area contributed by atoms with Crippen LogP contribution in [-0.4, -0.2) is 24.4 Å². The maximum absolute atomic E-state index is 10.9. The number of anilines is 1. The number of nitro benzene ring substituents is 1. The first-order valence-corrected chi connectivity index (χ1v) is 7.25. The van der Waals surface area contributed by atoms with E-state index in [-0.39, 0.29) is 28.4 Å². The first-order valence-electron chi connectivity index (χ1n) is 6.07. The molecule has 0 bridgehead atoms. The molecule has 2 N–H and O–H groups in total. The van der Waals surface area contributed by atoms with Crippen LogP contribution in [0.3, 0.4) is 0 Å². The highest BCUT2D eigenvalue weighted by atomic mass is 32.2. The smallest absolute Gasteiger partial charge is 0.335 e. The fourth-order valence-corrected chi connectivity index (χ4v) is 2.10.